The second kappa shape index (κ2) is 5.61. The summed E-state index contributed by atoms with van der Waals surface area (Å²) in [7, 11) is 0. The number of thioether (sulfide) groups is 1. The molecule has 1 saturated heterocycles. The van der Waals surface area contributed by atoms with E-state index in [1.54, 1.807) is 6.92 Å². The van der Waals surface area contributed by atoms with Crippen LogP contribution in [0.2, 0.25) is 0 Å². The van der Waals surface area contributed by atoms with Gasteiger partial charge >= 0.3 is 12.1 Å². The zero-order valence-corrected chi connectivity index (χ0v) is 9.85. The minimum Gasteiger partial charge on any atom is -0.465 e. The molecule has 0 radical (unpaired) electrons. The van der Waals surface area contributed by atoms with Gasteiger partial charge in [0.1, 0.15) is 11.2 Å². The van der Waals surface area contributed by atoms with E-state index in [0.29, 0.717) is 6.42 Å². The first-order chi connectivity index (χ1) is 7.91. The third-order valence-corrected chi connectivity index (χ3v) is 3.52. The van der Waals surface area contributed by atoms with Crippen molar-refractivity contribution in [1.82, 2.24) is 0 Å². The lowest BCUT2D eigenvalue weighted by Crippen LogP contribution is -2.35. The van der Waals surface area contributed by atoms with Crippen LogP contribution in [0.3, 0.4) is 0 Å². The van der Waals surface area contributed by atoms with Gasteiger partial charge in [-0.1, -0.05) is 12.1 Å². The molecule has 2 unspecified atom stereocenters. The molecule has 1 rings (SSSR count). The maximum atomic E-state index is 12.5. The average Bonchev–Trinajstić information content (AvgIpc) is 2.68. The van der Waals surface area contributed by atoms with Gasteiger partial charge in [-0.2, -0.15) is 13.2 Å². The van der Waals surface area contributed by atoms with Crippen molar-refractivity contribution in [3.05, 3.63) is 0 Å². The summed E-state index contributed by atoms with van der Waals surface area (Å²) >= 11 is 0.783. The Kier molecular flexibility index (Phi) is 4.67. The highest BCUT2D eigenvalue weighted by Gasteiger charge is 2.52. The molecule has 1 fully saturated rings. The molecule has 0 aliphatic carbocycles. The number of ether oxygens (including phenoxy) is 1. The Morgan fingerprint density at radius 2 is 2.29 bits per heavy atom. The van der Waals surface area contributed by atoms with Gasteiger partial charge in [0.25, 0.3) is 0 Å². The Labute approximate surface area is 100 Å². The second-order valence-electron chi connectivity index (χ2n) is 3.50. The maximum absolute atomic E-state index is 12.5. The Hall–Kier alpha value is -0.920. The lowest BCUT2D eigenvalue weighted by molar-refractivity contribution is -0.150. The fraction of sp³-hybridized carbons (Fsp3) is 0.778. The van der Waals surface area contributed by atoms with Crippen LogP contribution in [0.15, 0.2) is 5.16 Å². The smallest absolute Gasteiger partial charge is 0.397 e. The second-order valence-corrected chi connectivity index (χ2v) is 4.64. The molecule has 0 saturated carbocycles. The topological polar surface area (TPSA) is 58.9 Å². The van der Waals surface area contributed by atoms with Gasteiger partial charge in [-0.15, -0.1) is 11.8 Å². The number of hydrogen-bond donors (Lipinski definition) is 1. The van der Waals surface area contributed by atoms with Gasteiger partial charge in [0, 0.05) is 5.75 Å². The molecular weight excluding hydrogens is 259 g/mol. The predicted octanol–water partition coefficient (Wildman–Crippen LogP) is 2.06. The monoisotopic (exact) mass is 271 g/mol. The van der Waals surface area contributed by atoms with Gasteiger partial charge < -0.3 is 9.94 Å². The number of rotatable bonds is 3. The Bertz CT molecular complexity index is 319. The van der Waals surface area contributed by atoms with Crippen LogP contribution in [0.5, 0.6) is 0 Å². The molecule has 8 heteroatoms. The van der Waals surface area contributed by atoms with Crippen molar-refractivity contribution in [2.24, 2.45) is 11.1 Å². The molecule has 0 spiro atoms. The maximum Gasteiger partial charge on any atom is 0.397 e. The van der Waals surface area contributed by atoms with E-state index in [1.165, 1.54) is 0 Å². The van der Waals surface area contributed by atoms with E-state index in [2.05, 4.69) is 5.16 Å². The fourth-order valence-corrected chi connectivity index (χ4v) is 2.73. The van der Waals surface area contributed by atoms with Crippen LogP contribution < -0.4 is 0 Å². The zero-order chi connectivity index (χ0) is 13.1. The lowest BCUT2D eigenvalue weighted by atomic mass is 10.0. The third-order valence-electron chi connectivity index (χ3n) is 2.23. The molecule has 1 heterocycles. The van der Waals surface area contributed by atoms with Crippen LogP contribution in [-0.2, 0) is 9.53 Å². The summed E-state index contributed by atoms with van der Waals surface area (Å²) in [4.78, 5) is 11.4. The Morgan fingerprint density at radius 1 is 1.65 bits per heavy atom. The van der Waals surface area contributed by atoms with Crippen LogP contribution in [0.1, 0.15) is 13.3 Å². The summed E-state index contributed by atoms with van der Waals surface area (Å²) in [5.41, 5.74) is -0.566. The van der Waals surface area contributed by atoms with E-state index in [0.717, 1.165) is 11.8 Å². The van der Waals surface area contributed by atoms with Crippen molar-refractivity contribution in [1.29, 1.82) is 0 Å². The first-order valence-corrected chi connectivity index (χ1v) is 6.03. The van der Waals surface area contributed by atoms with Gasteiger partial charge in [-0.3, -0.25) is 4.79 Å². The number of carbonyl (C=O) groups excluding carboxylic acids is 1. The summed E-state index contributed by atoms with van der Waals surface area (Å²) < 4.78 is 42.3. The number of oxime groups is 1. The van der Waals surface area contributed by atoms with Crippen LogP contribution >= 0.6 is 11.8 Å². The molecule has 0 aromatic heterocycles. The molecule has 0 bridgehead atoms. The summed E-state index contributed by atoms with van der Waals surface area (Å²) in [5, 5.41) is 10.1. The van der Waals surface area contributed by atoms with Crippen LogP contribution in [-0.4, -0.2) is 40.7 Å². The molecule has 0 aromatic rings. The minimum absolute atomic E-state index is 0.144. The SMILES string of the molecule is CCCOC(=O)C1SCC(C(F)(F)F)/C1=N\O. The number of halogens is 3. The molecule has 0 amide bonds. The Morgan fingerprint density at radius 3 is 2.76 bits per heavy atom. The lowest BCUT2D eigenvalue weighted by Gasteiger charge is -2.15. The summed E-state index contributed by atoms with van der Waals surface area (Å²) in [6.07, 6.45) is -3.92. The van der Waals surface area contributed by atoms with Crippen LogP contribution in [0.25, 0.3) is 0 Å². The van der Waals surface area contributed by atoms with Gasteiger partial charge in [-0.25, -0.2) is 0 Å². The largest absolute Gasteiger partial charge is 0.465 e. The van der Waals surface area contributed by atoms with Gasteiger partial charge in [0.15, 0.2) is 0 Å². The number of carbonyl (C=O) groups is 1. The molecule has 98 valence electrons. The fourth-order valence-electron chi connectivity index (χ4n) is 1.40. The van der Waals surface area contributed by atoms with Crippen molar-refractivity contribution >= 4 is 23.4 Å². The molecule has 17 heavy (non-hydrogen) atoms. The zero-order valence-electron chi connectivity index (χ0n) is 9.03. The number of nitrogens with zero attached hydrogens (tertiary/aromatic N) is 1. The molecular formula is C9H12F3NO3S. The highest BCUT2D eigenvalue weighted by atomic mass is 32.2. The number of hydrogen-bond acceptors (Lipinski definition) is 5. The van der Waals surface area contributed by atoms with Gasteiger partial charge in [-0.05, 0) is 6.42 Å². The van der Waals surface area contributed by atoms with Crippen LogP contribution in [0, 0.1) is 5.92 Å². The van der Waals surface area contributed by atoms with E-state index >= 15 is 0 Å². The molecule has 4 nitrogen and oxygen atoms in total. The third kappa shape index (κ3) is 3.27. The first-order valence-electron chi connectivity index (χ1n) is 4.98. The van der Waals surface area contributed by atoms with E-state index in [9.17, 15) is 18.0 Å². The van der Waals surface area contributed by atoms with Crippen molar-refractivity contribution in [3.63, 3.8) is 0 Å². The van der Waals surface area contributed by atoms with Gasteiger partial charge in [0.2, 0.25) is 0 Å². The number of alkyl halides is 3. The summed E-state index contributed by atoms with van der Waals surface area (Å²) in [6, 6.07) is 0. The van der Waals surface area contributed by atoms with E-state index in [1.807, 2.05) is 0 Å². The molecule has 1 aliphatic heterocycles. The van der Waals surface area contributed by atoms with E-state index < -0.39 is 29.0 Å². The summed E-state index contributed by atoms with van der Waals surface area (Å²) in [6.45, 7) is 1.92. The van der Waals surface area contributed by atoms with Crippen molar-refractivity contribution in [2.45, 2.75) is 24.8 Å². The normalized spacial score (nSPS) is 27.4. The highest BCUT2D eigenvalue weighted by Crippen LogP contribution is 2.39. The van der Waals surface area contributed by atoms with Crippen LogP contribution in [0.4, 0.5) is 13.2 Å². The highest BCUT2D eigenvalue weighted by molar-refractivity contribution is 8.01. The minimum atomic E-state index is -4.51. The van der Waals surface area contributed by atoms with E-state index in [-0.39, 0.29) is 12.4 Å². The molecule has 0 aromatic carbocycles. The van der Waals surface area contributed by atoms with Gasteiger partial charge in [0.05, 0.1) is 12.3 Å². The quantitative estimate of drug-likeness (QED) is 0.485. The Balaban J connectivity index is 2.75. The molecule has 1 aliphatic rings. The first kappa shape index (κ1) is 14.1. The van der Waals surface area contributed by atoms with Crippen molar-refractivity contribution in [3.8, 4) is 0 Å². The van der Waals surface area contributed by atoms with Crippen molar-refractivity contribution in [2.75, 3.05) is 12.4 Å². The predicted molar refractivity (Wildman–Crippen MR) is 56.3 cm³/mol. The van der Waals surface area contributed by atoms with E-state index in [4.69, 9.17) is 9.94 Å². The van der Waals surface area contributed by atoms with Crippen molar-refractivity contribution < 1.29 is 27.9 Å². The molecule has 2 atom stereocenters. The summed E-state index contributed by atoms with van der Waals surface area (Å²) in [5.74, 6) is -2.98. The number of esters is 1. The average molecular weight is 271 g/mol. The standard InChI is InChI=1S/C9H12F3NO3S/c1-2-3-16-8(14)7-6(13-15)5(4-17-7)9(10,11)12/h5,7,15H,2-4H2,1H3/b13-6+. The molecule has 1 N–H and O–H groups in total.